The monoisotopic (exact) mass is 823 g/mol. The number of unbranched alkanes of at least 4 members (excludes halogenated alkanes) is 32. The number of rotatable bonds is 46. The number of aliphatic carboxylic acids is 1. The van der Waals surface area contributed by atoms with Crippen LogP contribution in [0.2, 0.25) is 0 Å². The van der Waals surface area contributed by atoms with Gasteiger partial charge in [-0.3, -0.25) is 14.4 Å². The standard InChI is InChI=1S/C49H94N2O7/c1-3-5-7-9-11-13-15-17-18-19-20-22-24-26-28-33-37-41-48(55)58-44(38-34-30-27-25-23-21-16-14-12-10-8-6-4-2)39-35-31-29-32-36-40-46(53)50-42-47(54)51-45(43-52)49(56)57/h44-45,52H,3-43H2,1-2H3,(H,50,53)(H,51,54)(H,56,57). The molecule has 2 unspecified atom stereocenters. The number of carboxylic acid groups (broad SMARTS) is 1. The fourth-order valence-corrected chi connectivity index (χ4v) is 7.78. The van der Waals surface area contributed by atoms with Crippen LogP contribution in [0.4, 0.5) is 0 Å². The summed E-state index contributed by atoms with van der Waals surface area (Å²) in [5, 5.41) is 22.6. The fraction of sp³-hybridized carbons (Fsp3) is 0.918. The third-order valence-electron chi connectivity index (χ3n) is 11.6. The van der Waals surface area contributed by atoms with E-state index in [9.17, 15) is 19.2 Å². The predicted octanol–water partition coefficient (Wildman–Crippen LogP) is 12.8. The van der Waals surface area contributed by atoms with Crippen molar-refractivity contribution in [1.82, 2.24) is 10.6 Å². The summed E-state index contributed by atoms with van der Waals surface area (Å²) < 4.78 is 6.07. The number of aliphatic hydroxyl groups is 1. The third-order valence-corrected chi connectivity index (χ3v) is 11.6. The Labute approximate surface area is 357 Å². The molecule has 0 rings (SSSR count). The van der Waals surface area contributed by atoms with Gasteiger partial charge >= 0.3 is 11.9 Å². The lowest BCUT2D eigenvalue weighted by Crippen LogP contribution is -2.47. The molecule has 0 aliphatic carbocycles. The second-order valence-electron chi connectivity index (χ2n) is 17.3. The summed E-state index contributed by atoms with van der Waals surface area (Å²) >= 11 is 0. The number of hydrogen-bond acceptors (Lipinski definition) is 6. The summed E-state index contributed by atoms with van der Waals surface area (Å²) in [4.78, 5) is 47.7. The van der Waals surface area contributed by atoms with Crippen LogP contribution < -0.4 is 10.6 Å². The van der Waals surface area contributed by atoms with Crippen LogP contribution in [0.5, 0.6) is 0 Å². The van der Waals surface area contributed by atoms with Crippen LogP contribution in [0.15, 0.2) is 0 Å². The van der Waals surface area contributed by atoms with Gasteiger partial charge in [-0.15, -0.1) is 0 Å². The maximum absolute atomic E-state index is 12.9. The lowest BCUT2D eigenvalue weighted by molar-refractivity contribution is -0.150. The highest BCUT2D eigenvalue weighted by molar-refractivity contribution is 5.87. The number of aliphatic hydroxyl groups excluding tert-OH is 1. The number of nitrogens with one attached hydrogen (secondary N) is 2. The number of amides is 2. The zero-order valence-corrected chi connectivity index (χ0v) is 38.1. The van der Waals surface area contributed by atoms with Gasteiger partial charge in [0.1, 0.15) is 12.1 Å². The number of ether oxygens (including phenoxy) is 1. The summed E-state index contributed by atoms with van der Waals surface area (Å²) in [5.41, 5.74) is 0. The van der Waals surface area contributed by atoms with Gasteiger partial charge in [-0.1, -0.05) is 213 Å². The average molecular weight is 823 g/mol. The first kappa shape index (κ1) is 55.8. The van der Waals surface area contributed by atoms with Gasteiger partial charge in [-0.2, -0.15) is 0 Å². The van der Waals surface area contributed by atoms with Crippen LogP contribution >= 0.6 is 0 Å². The predicted molar refractivity (Wildman–Crippen MR) is 241 cm³/mol. The van der Waals surface area contributed by atoms with Gasteiger partial charge < -0.3 is 25.6 Å². The van der Waals surface area contributed by atoms with E-state index in [1.807, 2.05) is 0 Å². The average Bonchev–Trinajstić information content (AvgIpc) is 3.21. The summed E-state index contributed by atoms with van der Waals surface area (Å²) in [7, 11) is 0. The number of carboxylic acids is 1. The molecule has 0 aromatic rings. The molecule has 9 nitrogen and oxygen atoms in total. The largest absolute Gasteiger partial charge is 0.480 e. The highest BCUT2D eigenvalue weighted by Gasteiger charge is 2.19. The first-order chi connectivity index (χ1) is 28.3. The van der Waals surface area contributed by atoms with E-state index in [2.05, 4.69) is 24.5 Å². The highest BCUT2D eigenvalue weighted by atomic mass is 16.5. The minimum atomic E-state index is -1.38. The molecule has 2 amide bonds. The Bertz CT molecular complexity index is 946. The van der Waals surface area contributed by atoms with Crippen molar-refractivity contribution in [1.29, 1.82) is 0 Å². The molecule has 58 heavy (non-hydrogen) atoms. The number of carbonyl (C=O) groups is 4. The Balaban J connectivity index is 4.24. The van der Waals surface area contributed by atoms with Crippen molar-refractivity contribution in [3.63, 3.8) is 0 Å². The van der Waals surface area contributed by atoms with Crippen molar-refractivity contribution >= 4 is 23.8 Å². The Morgan fingerprint density at radius 1 is 0.448 bits per heavy atom. The molecule has 0 bridgehead atoms. The summed E-state index contributed by atoms with van der Waals surface area (Å²) in [6.45, 7) is 3.52. The van der Waals surface area contributed by atoms with E-state index in [1.54, 1.807) is 0 Å². The van der Waals surface area contributed by atoms with E-state index in [0.29, 0.717) is 19.3 Å². The minimum absolute atomic E-state index is 0.00511. The molecule has 0 spiro atoms. The SMILES string of the molecule is CCCCCCCCCCCCCCCCCCCC(=O)OC(CCCCCCCCCCCCCCC)CCCCCCCC(=O)NCC(=O)NC(CO)C(=O)O. The molecule has 0 fully saturated rings. The molecular weight excluding hydrogens is 729 g/mol. The molecule has 9 heteroatoms. The van der Waals surface area contributed by atoms with Gasteiger partial charge in [0.25, 0.3) is 0 Å². The Morgan fingerprint density at radius 2 is 0.776 bits per heavy atom. The maximum Gasteiger partial charge on any atom is 0.328 e. The number of hydrogen-bond donors (Lipinski definition) is 4. The van der Waals surface area contributed by atoms with Crippen molar-refractivity contribution < 1.29 is 34.1 Å². The Kier molecular flexibility index (Phi) is 42.7. The maximum atomic E-state index is 12.9. The number of esters is 1. The molecule has 0 heterocycles. The molecule has 0 radical (unpaired) electrons. The van der Waals surface area contributed by atoms with Crippen LogP contribution in [0, 0.1) is 0 Å². The molecule has 0 aromatic carbocycles. The van der Waals surface area contributed by atoms with Crippen molar-refractivity contribution in [2.24, 2.45) is 0 Å². The Morgan fingerprint density at radius 3 is 1.12 bits per heavy atom. The quantitative estimate of drug-likeness (QED) is 0.0354. The van der Waals surface area contributed by atoms with Crippen molar-refractivity contribution in [3.05, 3.63) is 0 Å². The molecule has 0 aliphatic rings. The molecule has 0 aromatic heterocycles. The van der Waals surface area contributed by atoms with Crippen LogP contribution in [-0.2, 0) is 23.9 Å². The first-order valence-electron chi connectivity index (χ1n) is 24.9. The van der Waals surface area contributed by atoms with E-state index in [4.69, 9.17) is 14.9 Å². The van der Waals surface area contributed by atoms with Gasteiger partial charge in [0.05, 0.1) is 13.2 Å². The van der Waals surface area contributed by atoms with Crippen molar-refractivity contribution in [2.45, 2.75) is 276 Å². The zero-order valence-electron chi connectivity index (χ0n) is 38.1. The van der Waals surface area contributed by atoms with Gasteiger partial charge in [0.2, 0.25) is 11.8 Å². The van der Waals surface area contributed by atoms with Crippen LogP contribution in [0.3, 0.4) is 0 Å². The van der Waals surface area contributed by atoms with E-state index < -0.39 is 24.5 Å². The molecular formula is C49H94N2O7. The molecule has 0 saturated carbocycles. The van der Waals surface area contributed by atoms with Crippen molar-refractivity contribution in [3.8, 4) is 0 Å². The summed E-state index contributed by atoms with van der Waals surface area (Å²) in [5.74, 6) is -2.26. The molecule has 342 valence electrons. The Hall–Kier alpha value is -2.16. The van der Waals surface area contributed by atoms with Gasteiger partial charge in [-0.25, -0.2) is 4.79 Å². The lowest BCUT2D eigenvalue weighted by atomic mass is 10.0. The molecule has 4 N–H and O–H groups in total. The molecule has 0 saturated heterocycles. The third kappa shape index (κ3) is 40.6. The molecule has 2 atom stereocenters. The summed E-state index contributed by atoms with van der Waals surface area (Å²) in [6.07, 6.45) is 47.1. The summed E-state index contributed by atoms with van der Waals surface area (Å²) in [6, 6.07) is -1.38. The normalized spacial score (nSPS) is 12.3. The number of carbonyl (C=O) groups excluding carboxylic acids is 3. The second kappa shape index (κ2) is 44.4. The second-order valence-corrected chi connectivity index (χ2v) is 17.3. The van der Waals surface area contributed by atoms with Gasteiger partial charge in [0.15, 0.2) is 0 Å². The highest BCUT2D eigenvalue weighted by Crippen LogP contribution is 2.20. The fourth-order valence-electron chi connectivity index (χ4n) is 7.78. The topological polar surface area (TPSA) is 142 Å². The van der Waals surface area contributed by atoms with E-state index >= 15 is 0 Å². The zero-order chi connectivity index (χ0) is 42.6. The minimum Gasteiger partial charge on any atom is -0.480 e. The van der Waals surface area contributed by atoms with Crippen molar-refractivity contribution in [2.75, 3.05) is 13.2 Å². The van der Waals surface area contributed by atoms with E-state index in [0.717, 1.165) is 57.8 Å². The van der Waals surface area contributed by atoms with E-state index in [1.165, 1.54) is 173 Å². The van der Waals surface area contributed by atoms with Crippen LogP contribution in [-0.4, -0.2) is 59.3 Å². The van der Waals surface area contributed by atoms with E-state index in [-0.39, 0.29) is 24.5 Å². The lowest BCUT2D eigenvalue weighted by Gasteiger charge is -2.18. The van der Waals surface area contributed by atoms with Gasteiger partial charge in [-0.05, 0) is 38.5 Å². The van der Waals surface area contributed by atoms with Crippen LogP contribution in [0.25, 0.3) is 0 Å². The first-order valence-corrected chi connectivity index (χ1v) is 24.9. The molecule has 0 aliphatic heterocycles. The van der Waals surface area contributed by atoms with Gasteiger partial charge in [0, 0.05) is 12.8 Å². The van der Waals surface area contributed by atoms with Crippen LogP contribution in [0.1, 0.15) is 264 Å². The smallest absolute Gasteiger partial charge is 0.328 e.